The molecule has 0 aromatic rings. The molecule has 1 spiro atoms. The van der Waals surface area contributed by atoms with E-state index in [2.05, 4.69) is 6.58 Å². The number of hydrogen-bond acceptors (Lipinski definition) is 4. The Morgan fingerprint density at radius 1 is 1.28 bits per heavy atom. The summed E-state index contributed by atoms with van der Waals surface area (Å²) in [5.41, 5.74) is -2.54. The topological polar surface area (TPSA) is 94.8 Å². The number of aliphatic hydroxyl groups is 2. The summed E-state index contributed by atoms with van der Waals surface area (Å²) < 4.78 is 0. The van der Waals surface area contributed by atoms with Crippen molar-refractivity contribution in [3.8, 4) is 0 Å². The van der Waals surface area contributed by atoms with Crippen molar-refractivity contribution in [2.75, 3.05) is 0 Å². The van der Waals surface area contributed by atoms with Gasteiger partial charge in [0.05, 0.1) is 22.5 Å². The number of carbonyl (C=O) groups excluding carboxylic acids is 1. The molecular formula is C20H26O5. The molecule has 4 aliphatic carbocycles. The molecule has 25 heavy (non-hydrogen) atoms. The number of carboxylic acid groups (broad SMARTS) is 1. The molecule has 3 fully saturated rings. The van der Waals surface area contributed by atoms with Gasteiger partial charge in [-0.2, -0.15) is 0 Å². The van der Waals surface area contributed by atoms with Gasteiger partial charge in [-0.15, -0.1) is 0 Å². The van der Waals surface area contributed by atoms with Gasteiger partial charge >= 0.3 is 5.97 Å². The lowest BCUT2D eigenvalue weighted by molar-refractivity contribution is -0.172. The lowest BCUT2D eigenvalue weighted by atomic mass is 9.43. The van der Waals surface area contributed by atoms with Gasteiger partial charge in [0.1, 0.15) is 0 Å². The van der Waals surface area contributed by atoms with Crippen LogP contribution >= 0.6 is 0 Å². The molecule has 0 heterocycles. The molecule has 5 heteroatoms. The number of aliphatic carboxylic acids is 1. The van der Waals surface area contributed by atoms with Crippen LogP contribution in [0.5, 0.6) is 0 Å². The minimum absolute atomic E-state index is 0.117. The van der Waals surface area contributed by atoms with Crippen LogP contribution in [0.2, 0.25) is 0 Å². The Kier molecular flexibility index (Phi) is 3.14. The van der Waals surface area contributed by atoms with E-state index >= 15 is 0 Å². The average Bonchev–Trinajstić information content (AvgIpc) is 2.69. The van der Waals surface area contributed by atoms with Crippen LogP contribution in [0.4, 0.5) is 0 Å². The van der Waals surface area contributed by atoms with Gasteiger partial charge in [-0.1, -0.05) is 25.2 Å². The standard InChI is InChI=1S/C20H26O5/c1-11-15(22)19-8-4-12-17(2,16(23)24)7-6-14(21)18(12,3)13(19)5-9-20(11,25)10-19/h5,12,14,21,25H,1,4,6-10H2,2-3H3,(H,23,24)/t12-,14+,17-,18-,19-,20+/m0/s1. The molecule has 0 saturated heterocycles. The fourth-order valence-corrected chi connectivity index (χ4v) is 6.57. The number of Topliss-reactive ketones (excluding diaryl/α,β-unsaturated/α-hetero) is 1. The summed E-state index contributed by atoms with van der Waals surface area (Å²) in [6.45, 7) is 7.55. The number of rotatable bonds is 1. The smallest absolute Gasteiger partial charge is 0.309 e. The third-order valence-electron chi connectivity index (χ3n) is 8.08. The molecule has 0 amide bonds. The first kappa shape index (κ1) is 17.0. The van der Waals surface area contributed by atoms with Crippen LogP contribution in [-0.4, -0.2) is 38.8 Å². The molecule has 5 nitrogen and oxygen atoms in total. The summed E-state index contributed by atoms with van der Waals surface area (Å²) in [5.74, 6) is -1.18. The molecule has 4 aliphatic rings. The van der Waals surface area contributed by atoms with Crippen LogP contribution in [0.15, 0.2) is 23.8 Å². The molecule has 4 rings (SSSR count). The summed E-state index contributed by atoms with van der Waals surface area (Å²) in [6, 6.07) is 0. The van der Waals surface area contributed by atoms with Crippen LogP contribution in [0, 0.1) is 22.2 Å². The van der Waals surface area contributed by atoms with E-state index in [0.717, 1.165) is 5.57 Å². The Bertz CT molecular complexity index is 738. The van der Waals surface area contributed by atoms with Crippen LogP contribution in [0.3, 0.4) is 0 Å². The van der Waals surface area contributed by atoms with Gasteiger partial charge in [0, 0.05) is 11.0 Å². The quantitative estimate of drug-likeness (QED) is 0.500. The predicted molar refractivity (Wildman–Crippen MR) is 90.7 cm³/mol. The maximum absolute atomic E-state index is 13.1. The van der Waals surface area contributed by atoms with E-state index in [-0.39, 0.29) is 17.3 Å². The van der Waals surface area contributed by atoms with Crippen LogP contribution in [-0.2, 0) is 9.59 Å². The van der Waals surface area contributed by atoms with Gasteiger partial charge in [0.15, 0.2) is 5.78 Å². The van der Waals surface area contributed by atoms with E-state index < -0.39 is 33.9 Å². The third kappa shape index (κ3) is 1.71. The van der Waals surface area contributed by atoms with E-state index in [9.17, 15) is 24.9 Å². The Balaban J connectivity index is 1.90. The molecular weight excluding hydrogens is 320 g/mol. The highest BCUT2D eigenvalue weighted by molar-refractivity contribution is 6.07. The van der Waals surface area contributed by atoms with E-state index in [1.807, 2.05) is 13.0 Å². The number of aliphatic hydroxyl groups excluding tert-OH is 1. The lowest BCUT2D eigenvalue weighted by Crippen LogP contribution is -2.61. The number of fused-ring (bicyclic) bond motifs is 3. The molecule has 0 radical (unpaired) electrons. The highest BCUT2D eigenvalue weighted by atomic mass is 16.4. The highest BCUT2D eigenvalue weighted by Gasteiger charge is 2.70. The minimum atomic E-state index is -1.18. The van der Waals surface area contributed by atoms with E-state index in [1.54, 1.807) is 6.92 Å². The summed E-state index contributed by atoms with van der Waals surface area (Å²) in [5, 5.41) is 31.6. The number of carboxylic acids is 1. The van der Waals surface area contributed by atoms with Crippen molar-refractivity contribution in [3.05, 3.63) is 23.8 Å². The van der Waals surface area contributed by atoms with Gasteiger partial charge in [0.25, 0.3) is 0 Å². The highest BCUT2D eigenvalue weighted by Crippen LogP contribution is 2.70. The molecule has 0 unspecified atom stereocenters. The Morgan fingerprint density at radius 3 is 2.60 bits per heavy atom. The minimum Gasteiger partial charge on any atom is -0.481 e. The molecule has 0 aliphatic heterocycles. The third-order valence-corrected chi connectivity index (χ3v) is 8.08. The lowest BCUT2D eigenvalue weighted by Gasteiger charge is -2.61. The number of ketones is 1. The fourth-order valence-electron chi connectivity index (χ4n) is 6.57. The monoisotopic (exact) mass is 346 g/mol. The zero-order valence-electron chi connectivity index (χ0n) is 14.8. The van der Waals surface area contributed by atoms with Crippen LogP contribution in [0.1, 0.15) is 52.4 Å². The van der Waals surface area contributed by atoms with E-state index in [1.165, 1.54) is 0 Å². The molecule has 2 bridgehead atoms. The van der Waals surface area contributed by atoms with Crippen molar-refractivity contribution < 1.29 is 24.9 Å². The fraction of sp³-hybridized carbons (Fsp3) is 0.700. The first-order valence-electron chi connectivity index (χ1n) is 9.11. The zero-order valence-corrected chi connectivity index (χ0v) is 14.8. The van der Waals surface area contributed by atoms with Crippen molar-refractivity contribution >= 4 is 11.8 Å². The second-order valence-corrected chi connectivity index (χ2v) is 9.07. The van der Waals surface area contributed by atoms with Crippen LogP contribution < -0.4 is 0 Å². The molecule has 0 aromatic heterocycles. The SMILES string of the molecule is C=C1C(=O)[C@]23CC[C@@H]4[C@@](C)(C2=CC[C@@]1(O)C3)[C@H](O)CC[C@]4(C)C(=O)O. The van der Waals surface area contributed by atoms with E-state index in [0.29, 0.717) is 38.5 Å². The molecule has 3 saturated carbocycles. The number of carbonyl (C=O) groups is 2. The van der Waals surface area contributed by atoms with Crippen molar-refractivity contribution in [2.45, 2.75) is 64.1 Å². The van der Waals surface area contributed by atoms with Crippen LogP contribution in [0.25, 0.3) is 0 Å². The molecule has 136 valence electrons. The van der Waals surface area contributed by atoms with Crippen molar-refractivity contribution in [3.63, 3.8) is 0 Å². The summed E-state index contributed by atoms with van der Waals surface area (Å²) in [4.78, 5) is 25.1. The Labute approximate surface area is 147 Å². The summed E-state index contributed by atoms with van der Waals surface area (Å²) in [6.07, 6.45) is 3.79. The average molecular weight is 346 g/mol. The van der Waals surface area contributed by atoms with Gasteiger partial charge < -0.3 is 15.3 Å². The van der Waals surface area contributed by atoms with Gasteiger partial charge in [-0.25, -0.2) is 0 Å². The summed E-state index contributed by atoms with van der Waals surface area (Å²) in [7, 11) is 0. The first-order chi connectivity index (χ1) is 11.5. The molecule has 3 N–H and O–H groups in total. The maximum Gasteiger partial charge on any atom is 0.309 e. The second kappa shape index (κ2) is 4.63. The molecule has 0 aromatic carbocycles. The summed E-state index contributed by atoms with van der Waals surface area (Å²) >= 11 is 0. The maximum atomic E-state index is 13.1. The van der Waals surface area contributed by atoms with E-state index in [4.69, 9.17) is 0 Å². The predicted octanol–water partition coefficient (Wildman–Crippen LogP) is 2.22. The normalized spacial score (nSPS) is 51.6. The largest absolute Gasteiger partial charge is 0.481 e. The van der Waals surface area contributed by atoms with Gasteiger partial charge in [0.2, 0.25) is 0 Å². The van der Waals surface area contributed by atoms with Crippen molar-refractivity contribution in [2.24, 2.45) is 22.2 Å². The van der Waals surface area contributed by atoms with Gasteiger partial charge in [-0.3, -0.25) is 9.59 Å². The second-order valence-electron chi connectivity index (χ2n) is 9.07. The van der Waals surface area contributed by atoms with Crippen molar-refractivity contribution in [1.82, 2.24) is 0 Å². The van der Waals surface area contributed by atoms with Gasteiger partial charge in [-0.05, 0) is 51.4 Å². The molecule has 6 atom stereocenters. The van der Waals surface area contributed by atoms with Crippen molar-refractivity contribution in [1.29, 1.82) is 0 Å². The zero-order chi connectivity index (χ0) is 18.4. The Morgan fingerprint density at radius 2 is 1.96 bits per heavy atom. The first-order valence-corrected chi connectivity index (χ1v) is 9.11. The number of hydrogen-bond donors (Lipinski definition) is 3. The Hall–Kier alpha value is -1.46.